The minimum atomic E-state index is 0.135. The Labute approximate surface area is 56.8 Å². The summed E-state index contributed by atoms with van der Waals surface area (Å²) in [5, 5.41) is 8.33. The van der Waals surface area contributed by atoms with Gasteiger partial charge in [0.05, 0.1) is 13.2 Å². The highest BCUT2D eigenvalue weighted by atomic mass is 16.5. The van der Waals surface area contributed by atoms with E-state index >= 15 is 0 Å². The third-order valence-corrected chi connectivity index (χ3v) is 1.33. The van der Waals surface area contributed by atoms with Gasteiger partial charge < -0.3 is 9.84 Å². The Bertz CT molecular complexity index is 54.9. The number of hydrogen-bond donors (Lipinski definition) is 1. The smallest absolute Gasteiger partial charge is 0.0697 e. The molecule has 0 spiro atoms. The first-order chi connectivity index (χ1) is 4.31. The van der Waals surface area contributed by atoms with E-state index in [1.165, 1.54) is 0 Å². The normalized spacial score (nSPS) is 13.7. The Hall–Kier alpha value is -0.0800. The van der Waals surface area contributed by atoms with Crippen LogP contribution in [0.15, 0.2) is 0 Å². The lowest BCUT2D eigenvalue weighted by Gasteiger charge is -2.06. The number of ether oxygens (including phenoxy) is 1. The summed E-state index contributed by atoms with van der Waals surface area (Å²) in [5.41, 5.74) is 0. The van der Waals surface area contributed by atoms with Crippen LogP contribution in [0.4, 0.5) is 0 Å². The zero-order valence-electron chi connectivity index (χ0n) is 6.26. The molecule has 1 atom stereocenters. The van der Waals surface area contributed by atoms with Crippen LogP contribution in [-0.4, -0.2) is 24.9 Å². The Morgan fingerprint density at radius 2 is 2.22 bits per heavy atom. The second-order valence-electron chi connectivity index (χ2n) is 2.31. The quantitative estimate of drug-likeness (QED) is 0.566. The highest BCUT2D eigenvalue weighted by Gasteiger charge is 1.96. The Balaban J connectivity index is 2.88. The minimum Gasteiger partial charge on any atom is -0.394 e. The minimum absolute atomic E-state index is 0.135. The molecule has 2 heteroatoms. The maximum absolute atomic E-state index is 8.33. The van der Waals surface area contributed by atoms with Crippen LogP contribution in [0.1, 0.15) is 20.3 Å². The molecule has 9 heavy (non-hydrogen) atoms. The van der Waals surface area contributed by atoms with E-state index in [0.717, 1.165) is 13.0 Å². The first-order valence-corrected chi connectivity index (χ1v) is 3.49. The monoisotopic (exact) mass is 132 g/mol. The largest absolute Gasteiger partial charge is 0.394 e. The maximum Gasteiger partial charge on any atom is 0.0697 e. The van der Waals surface area contributed by atoms with Crippen molar-refractivity contribution in [3.8, 4) is 0 Å². The van der Waals surface area contributed by atoms with Crippen molar-refractivity contribution in [2.75, 3.05) is 19.8 Å². The molecule has 0 aromatic carbocycles. The molecule has 0 radical (unpaired) electrons. The van der Waals surface area contributed by atoms with E-state index in [4.69, 9.17) is 9.84 Å². The van der Waals surface area contributed by atoms with Crippen LogP contribution in [0.2, 0.25) is 0 Å². The molecule has 0 aliphatic heterocycles. The van der Waals surface area contributed by atoms with E-state index in [2.05, 4.69) is 13.8 Å². The van der Waals surface area contributed by atoms with Crippen LogP contribution in [0.25, 0.3) is 0 Å². The van der Waals surface area contributed by atoms with Crippen molar-refractivity contribution in [2.45, 2.75) is 20.3 Å². The van der Waals surface area contributed by atoms with Crippen LogP contribution in [0.3, 0.4) is 0 Å². The second kappa shape index (κ2) is 6.05. The molecular formula is C7H16O2. The van der Waals surface area contributed by atoms with Crippen molar-refractivity contribution >= 4 is 0 Å². The van der Waals surface area contributed by atoms with Crippen LogP contribution in [0, 0.1) is 5.92 Å². The van der Waals surface area contributed by atoms with Gasteiger partial charge in [0.15, 0.2) is 0 Å². The maximum atomic E-state index is 8.33. The number of aliphatic hydroxyl groups excluding tert-OH is 1. The molecule has 0 bridgehead atoms. The number of rotatable bonds is 5. The fourth-order valence-electron chi connectivity index (χ4n) is 0.467. The zero-order valence-corrected chi connectivity index (χ0v) is 6.26. The number of hydrogen-bond acceptors (Lipinski definition) is 2. The fraction of sp³-hybridized carbons (Fsp3) is 1.00. The Morgan fingerprint density at radius 1 is 1.56 bits per heavy atom. The molecule has 0 aliphatic carbocycles. The van der Waals surface area contributed by atoms with Crippen LogP contribution in [-0.2, 0) is 4.74 Å². The van der Waals surface area contributed by atoms with E-state index < -0.39 is 0 Å². The molecule has 0 aromatic rings. The van der Waals surface area contributed by atoms with Crippen molar-refractivity contribution in [1.29, 1.82) is 0 Å². The molecule has 0 rings (SSSR count). The molecule has 0 heterocycles. The zero-order chi connectivity index (χ0) is 7.11. The first kappa shape index (κ1) is 8.92. The van der Waals surface area contributed by atoms with Crippen LogP contribution in [0.5, 0.6) is 0 Å². The third kappa shape index (κ3) is 5.80. The summed E-state index contributed by atoms with van der Waals surface area (Å²) in [4.78, 5) is 0. The van der Waals surface area contributed by atoms with E-state index in [9.17, 15) is 0 Å². The molecule has 0 saturated carbocycles. The molecule has 0 saturated heterocycles. The van der Waals surface area contributed by atoms with Gasteiger partial charge >= 0.3 is 0 Å². The predicted octanol–water partition coefficient (Wildman–Crippen LogP) is 1.04. The SMILES string of the molecule is CCC(C)COCCO. The summed E-state index contributed by atoms with van der Waals surface area (Å²) >= 11 is 0. The van der Waals surface area contributed by atoms with Crippen molar-refractivity contribution in [1.82, 2.24) is 0 Å². The average molecular weight is 132 g/mol. The molecule has 2 nitrogen and oxygen atoms in total. The highest BCUT2D eigenvalue weighted by Crippen LogP contribution is 1.99. The fourth-order valence-corrected chi connectivity index (χ4v) is 0.467. The highest BCUT2D eigenvalue weighted by molar-refractivity contribution is 4.45. The molecule has 1 N–H and O–H groups in total. The van der Waals surface area contributed by atoms with Gasteiger partial charge in [-0.2, -0.15) is 0 Å². The van der Waals surface area contributed by atoms with Gasteiger partial charge in [0.1, 0.15) is 0 Å². The van der Waals surface area contributed by atoms with E-state index in [-0.39, 0.29) is 6.61 Å². The molecule has 1 unspecified atom stereocenters. The molecular weight excluding hydrogens is 116 g/mol. The van der Waals surface area contributed by atoms with E-state index in [1.807, 2.05) is 0 Å². The van der Waals surface area contributed by atoms with E-state index in [1.54, 1.807) is 0 Å². The topological polar surface area (TPSA) is 29.5 Å². The van der Waals surface area contributed by atoms with Gasteiger partial charge in [-0.15, -0.1) is 0 Å². The van der Waals surface area contributed by atoms with Crippen molar-refractivity contribution in [2.24, 2.45) is 5.92 Å². The molecule has 0 fully saturated rings. The summed E-state index contributed by atoms with van der Waals surface area (Å²) in [6.45, 7) is 5.65. The lowest BCUT2D eigenvalue weighted by atomic mass is 10.1. The summed E-state index contributed by atoms with van der Waals surface area (Å²) in [5.74, 6) is 0.622. The van der Waals surface area contributed by atoms with Crippen LogP contribution >= 0.6 is 0 Å². The summed E-state index contributed by atoms with van der Waals surface area (Å²) in [7, 11) is 0. The summed E-state index contributed by atoms with van der Waals surface area (Å²) in [6.07, 6.45) is 1.14. The number of aliphatic hydroxyl groups is 1. The summed E-state index contributed by atoms with van der Waals surface area (Å²) in [6, 6.07) is 0. The van der Waals surface area contributed by atoms with Gasteiger partial charge in [-0.05, 0) is 5.92 Å². The molecule has 0 amide bonds. The van der Waals surface area contributed by atoms with Crippen molar-refractivity contribution in [3.63, 3.8) is 0 Å². The van der Waals surface area contributed by atoms with Gasteiger partial charge in [-0.1, -0.05) is 20.3 Å². The first-order valence-electron chi connectivity index (χ1n) is 3.49. The van der Waals surface area contributed by atoms with Gasteiger partial charge in [-0.3, -0.25) is 0 Å². The standard InChI is InChI=1S/C7H16O2/c1-3-7(2)6-9-5-4-8/h7-8H,3-6H2,1-2H3. The molecule has 56 valence electrons. The predicted molar refractivity (Wildman–Crippen MR) is 37.4 cm³/mol. The second-order valence-corrected chi connectivity index (χ2v) is 2.31. The van der Waals surface area contributed by atoms with E-state index in [0.29, 0.717) is 12.5 Å². The average Bonchev–Trinajstić information content (AvgIpc) is 1.89. The Kier molecular flexibility index (Phi) is 5.99. The van der Waals surface area contributed by atoms with Crippen molar-refractivity contribution in [3.05, 3.63) is 0 Å². The van der Waals surface area contributed by atoms with Gasteiger partial charge in [0, 0.05) is 6.61 Å². The van der Waals surface area contributed by atoms with Crippen molar-refractivity contribution < 1.29 is 9.84 Å². The van der Waals surface area contributed by atoms with Gasteiger partial charge in [0.2, 0.25) is 0 Å². The lowest BCUT2D eigenvalue weighted by molar-refractivity contribution is 0.0708. The summed E-state index contributed by atoms with van der Waals surface area (Å²) < 4.78 is 5.09. The third-order valence-electron chi connectivity index (χ3n) is 1.33. The van der Waals surface area contributed by atoms with Crippen LogP contribution < -0.4 is 0 Å². The molecule has 0 aliphatic rings. The van der Waals surface area contributed by atoms with Gasteiger partial charge in [-0.25, -0.2) is 0 Å². The Morgan fingerprint density at radius 3 is 2.67 bits per heavy atom. The lowest BCUT2D eigenvalue weighted by Crippen LogP contribution is -2.07. The molecule has 0 aromatic heterocycles. The van der Waals surface area contributed by atoms with Gasteiger partial charge in [0.25, 0.3) is 0 Å².